The Morgan fingerprint density at radius 2 is 2.29 bits per heavy atom. The van der Waals surface area contributed by atoms with Gasteiger partial charge in [0.1, 0.15) is 0 Å². The van der Waals surface area contributed by atoms with Gasteiger partial charge < -0.3 is 10.3 Å². The van der Waals surface area contributed by atoms with Crippen LogP contribution in [0.3, 0.4) is 0 Å². The third-order valence-corrected chi connectivity index (χ3v) is 3.18. The molecule has 0 radical (unpaired) electrons. The van der Waals surface area contributed by atoms with E-state index in [2.05, 4.69) is 39.6 Å². The summed E-state index contributed by atoms with van der Waals surface area (Å²) in [4.78, 5) is 18.0. The van der Waals surface area contributed by atoms with Crippen LogP contribution < -0.4 is 10.9 Å². The van der Waals surface area contributed by atoms with Gasteiger partial charge in [-0.05, 0) is 17.5 Å². The molecule has 4 nitrogen and oxygen atoms in total. The zero-order chi connectivity index (χ0) is 11.7. The molecular formula is C13H13N3O. The second-order valence-corrected chi connectivity index (χ2v) is 4.25. The van der Waals surface area contributed by atoms with Crippen molar-refractivity contribution in [3.8, 4) is 0 Å². The van der Waals surface area contributed by atoms with E-state index in [-0.39, 0.29) is 5.56 Å². The molecule has 1 aromatic carbocycles. The summed E-state index contributed by atoms with van der Waals surface area (Å²) in [5.74, 6) is 0.893. The lowest BCUT2D eigenvalue weighted by atomic mass is 9.78. The molecule has 1 aliphatic carbocycles. The maximum atomic E-state index is 11.4. The Morgan fingerprint density at radius 1 is 1.41 bits per heavy atom. The third-order valence-electron chi connectivity index (χ3n) is 3.18. The first kappa shape index (κ1) is 10.1. The van der Waals surface area contributed by atoms with E-state index in [1.165, 1.54) is 17.3 Å². The highest BCUT2D eigenvalue weighted by Crippen LogP contribution is 2.34. The zero-order valence-electron chi connectivity index (χ0n) is 9.31. The van der Waals surface area contributed by atoms with E-state index in [1.54, 1.807) is 6.20 Å². The van der Waals surface area contributed by atoms with Gasteiger partial charge >= 0.3 is 0 Å². The van der Waals surface area contributed by atoms with Crippen LogP contribution >= 0.6 is 0 Å². The maximum absolute atomic E-state index is 11.4. The maximum Gasteiger partial charge on any atom is 0.290 e. The summed E-state index contributed by atoms with van der Waals surface area (Å²) in [5, 5.41) is 3.10. The van der Waals surface area contributed by atoms with Crippen LogP contribution in [0.5, 0.6) is 0 Å². The van der Waals surface area contributed by atoms with Gasteiger partial charge in [0.25, 0.3) is 5.56 Å². The van der Waals surface area contributed by atoms with E-state index >= 15 is 0 Å². The molecule has 2 aromatic rings. The van der Waals surface area contributed by atoms with Gasteiger partial charge in [-0.15, -0.1) is 0 Å². The van der Waals surface area contributed by atoms with Crippen molar-refractivity contribution in [3.05, 3.63) is 58.1 Å². The highest BCUT2D eigenvalue weighted by Gasteiger charge is 2.25. The molecule has 0 saturated carbocycles. The summed E-state index contributed by atoms with van der Waals surface area (Å²) in [6.07, 6.45) is 4.19. The van der Waals surface area contributed by atoms with Crippen molar-refractivity contribution >= 4 is 5.82 Å². The molecule has 0 fully saturated rings. The summed E-state index contributed by atoms with van der Waals surface area (Å²) in [7, 11) is 0. The molecule has 86 valence electrons. The second kappa shape index (κ2) is 4.05. The first-order chi connectivity index (χ1) is 8.34. The van der Waals surface area contributed by atoms with E-state index < -0.39 is 0 Å². The lowest BCUT2D eigenvalue weighted by molar-refractivity contribution is 0.634. The zero-order valence-corrected chi connectivity index (χ0v) is 9.31. The quantitative estimate of drug-likeness (QED) is 0.835. The number of anilines is 1. The molecule has 3 rings (SSSR count). The van der Waals surface area contributed by atoms with Crippen molar-refractivity contribution in [2.45, 2.75) is 12.3 Å². The molecule has 1 atom stereocenters. The number of rotatable bonds is 3. The van der Waals surface area contributed by atoms with Crippen LogP contribution in [0.4, 0.5) is 5.82 Å². The summed E-state index contributed by atoms with van der Waals surface area (Å²) in [5.41, 5.74) is 2.63. The molecular weight excluding hydrogens is 214 g/mol. The van der Waals surface area contributed by atoms with Crippen LogP contribution in [0, 0.1) is 0 Å². The Bertz CT molecular complexity index is 591. The molecule has 1 aromatic heterocycles. The number of aromatic nitrogens is 2. The van der Waals surface area contributed by atoms with Gasteiger partial charge in [-0.1, -0.05) is 24.3 Å². The molecule has 0 aliphatic heterocycles. The molecule has 17 heavy (non-hydrogen) atoms. The molecule has 1 unspecified atom stereocenters. The van der Waals surface area contributed by atoms with Gasteiger partial charge in [0, 0.05) is 24.9 Å². The Morgan fingerprint density at radius 3 is 3.12 bits per heavy atom. The number of aromatic amines is 1. The van der Waals surface area contributed by atoms with Gasteiger partial charge in [0.15, 0.2) is 5.82 Å². The molecule has 0 bridgehead atoms. The summed E-state index contributed by atoms with van der Waals surface area (Å²) < 4.78 is 0. The number of hydrogen-bond donors (Lipinski definition) is 2. The van der Waals surface area contributed by atoms with Crippen LogP contribution in [0.1, 0.15) is 17.0 Å². The van der Waals surface area contributed by atoms with Gasteiger partial charge in [0.05, 0.1) is 0 Å². The lowest BCUT2D eigenvalue weighted by Gasteiger charge is -2.30. The molecule has 1 heterocycles. The summed E-state index contributed by atoms with van der Waals surface area (Å²) >= 11 is 0. The first-order valence-corrected chi connectivity index (χ1v) is 5.70. The Hall–Kier alpha value is -2.10. The largest absolute Gasteiger partial charge is 0.365 e. The highest BCUT2D eigenvalue weighted by molar-refractivity contribution is 5.42. The van der Waals surface area contributed by atoms with Gasteiger partial charge in [-0.3, -0.25) is 4.79 Å². The van der Waals surface area contributed by atoms with Gasteiger partial charge in [0.2, 0.25) is 0 Å². The van der Waals surface area contributed by atoms with Crippen LogP contribution in [0.15, 0.2) is 41.5 Å². The predicted octanol–water partition coefficient (Wildman–Crippen LogP) is 1.52. The van der Waals surface area contributed by atoms with Crippen LogP contribution in [-0.4, -0.2) is 16.5 Å². The van der Waals surface area contributed by atoms with Crippen LogP contribution in [0.2, 0.25) is 0 Å². The van der Waals surface area contributed by atoms with Gasteiger partial charge in [-0.2, -0.15) is 0 Å². The predicted molar refractivity (Wildman–Crippen MR) is 66.2 cm³/mol. The van der Waals surface area contributed by atoms with E-state index in [1.807, 2.05) is 0 Å². The number of benzene rings is 1. The SMILES string of the molecule is O=c1[nH]ccnc1NCC1Cc2ccccc21. The number of hydrogen-bond acceptors (Lipinski definition) is 3. The topological polar surface area (TPSA) is 57.8 Å². The minimum Gasteiger partial charge on any atom is -0.365 e. The highest BCUT2D eigenvalue weighted by atomic mass is 16.1. The van der Waals surface area contributed by atoms with Crippen LogP contribution in [0.25, 0.3) is 0 Å². The first-order valence-electron chi connectivity index (χ1n) is 5.70. The molecule has 0 saturated heterocycles. The lowest BCUT2D eigenvalue weighted by Crippen LogP contribution is -2.26. The molecule has 1 aliphatic rings. The molecule has 4 heteroatoms. The molecule has 0 amide bonds. The normalized spacial score (nSPS) is 17.1. The molecule has 0 spiro atoms. The fourth-order valence-corrected chi connectivity index (χ4v) is 2.24. The molecule has 2 N–H and O–H groups in total. The number of nitrogens with zero attached hydrogens (tertiary/aromatic N) is 1. The minimum atomic E-state index is -0.167. The van der Waals surface area contributed by atoms with Gasteiger partial charge in [-0.25, -0.2) is 4.98 Å². The van der Waals surface area contributed by atoms with Crippen molar-refractivity contribution < 1.29 is 0 Å². The standard InChI is InChI=1S/C13H13N3O/c17-13-12(14-5-6-15-13)16-8-10-7-9-3-1-2-4-11(9)10/h1-6,10H,7-8H2,(H,14,16)(H,15,17). The Balaban J connectivity index is 1.68. The average Bonchev–Trinajstić information content (AvgIpc) is 2.32. The third kappa shape index (κ3) is 1.82. The summed E-state index contributed by atoms with van der Waals surface area (Å²) in [6, 6.07) is 8.41. The summed E-state index contributed by atoms with van der Waals surface area (Å²) in [6.45, 7) is 0.761. The minimum absolute atomic E-state index is 0.167. The Labute approximate surface area is 98.7 Å². The average molecular weight is 227 g/mol. The van der Waals surface area contributed by atoms with Crippen LogP contribution in [-0.2, 0) is 6.42 Å². The number of H-pyrrole nitrogens is 1. The number of nitrogens with one attached hydrogen (secondary N) is 2. The van der Waals surface area contributed by atoms with Crippen molar-refractivity contribution in [3.63, 3.8) is 0 Å². The van der Waals surface area contributed by atoms with Crippen molar-refractivity contribution in [1.82, 2.24) is 9.97 Å². The van der Waals surface area contributed by atoms with E-state index in [0.29, 0.717) is 11.7 Å². The Kier molecular flexibility index (Phi) is 2.40. The van der Waals surface area contributed by atoms with Crippen molar-refractivity contribution in [2.24, 2.45) is 0 Å². The van der Waals surface area contributed by atoms with E-state index in [0.717, 1.165) is 13.0 Å². The smallest absolute Gasteiger partial charge is 0.290 e. The van der Waals surface area contributed by atoms with E-state index in [4.69, 9.17) is 0 Å². The monoisotopic (exact) mass is 227 g/mol. The fourth-order valence-electron chi connectivity index (χ4n) is 2.24. The number of fused-ring (bicyclic) bond motifs is 1. The van der Waals surface area contributed by atoms with E-state index in [9.17, 15) is 4.79 Å². The fraction of sp³-hybridized carbons (Fsp3) is 0.231. The van der Waals surface area contributed by atoms with Crippen molar-refractivity contribution in [1.29, 1.82) is 0 Å². The van der Waals surface area contributed by atoms with Crippen molar-refractivity contribution in [2.75, 3.05) is 11.9 Å². The second-order valence-electron chi connectivity index (χ2n) is 4.25.